The number of carbonyl (C=O) groups excluding carboxylic acids is 1. The number of nitrogens with one attached hydrogen (secondary N) is 1. The molecule has 0 aliphatic heterocycles. The smallest absolute Gasteiger partial charge is 0.258 e. The predicted octanol–water partition coefficient (Wildman–Crippen LogP) is 3.53. The highest BCUT2D eigenvalue weighted by molar-refractivity contribution is 6.35. The Morgan fingerprint density at radius 2 is 2.00 bits per heavy atom. The van der Waals surface area contributed by atoms with Crippen molar-refractivity contribution in [3.8, 4) is 5.69 Å². The fraction of sp³-hybridized carbons (Fsp3) is 0.0667. The quantitative estimate of drug-likeness (QED) is 0.786. The fourth-order valence-electron chi connectivity index (χ4n) is 2.05. The third-order valence-corrected chi connectivity index (χ3v) is 3.65. The van der Waals surface area contributed by atoms with E-state index >= 15 is 0 Å². The van der Waals surface area contributed by atoms with Gasteiger partial charge in [-0.05, 0) is 31.2 Å². The SMILES string of the molecule is Cc1cc(NC(=O)c2ccnnc2)nn1-c1ccc(Cl)cc1Cl. The van der Waals surface area contributed by atoms with Gasteiger partial charge in [0.2, 0.25) is 0 Å². The van der Waals surface area contributed by atoms with E-state index in [0.29, 0.717) is 27.1 Å². The first-order valence-corrected chi connectivity index (χ1v) is 7.40. The molecule has 0 unspecified atom stereocenters. The van der Waals surface area contributed by atoms with Crippen molar-refractivity contribution in [3.63, 3.8) is 0 Å². The molecular formula is C15H11Cl2N5O. The van der Waals surface area contributed by atoms with Gasteiger partial charge in [-0.2, -0.15) is 10.2 Å². The van der Waals surface area contributed by atoms with Gasteiger partial charge in [-0.15, -0.1) is 5.10 Å². The molecule has 0 atom stereocenters. The molecule has 1 amide bonds. The van der Waals surface area contributed by atoms with Crippen LogP contribution in [0.4, 0.5) is 5.82 Å². The van der Waals surface area contributed by atoms with E-state index < -0.39 is 0 Å². The second-order valence-electron chi connectivity index (χ2n) is 4.76. The lowest BCUT2D eigenvalue weighted by Crippen LogP contribution is -2.13. The van der Waals surface area contributed by atoms with Crippen LogP contribution in [0.25, 0.3) is 5.69 Å². The summed E-state index contributed by atoms with van der Waals surface area (Å²) in [7, 11) is 0. The van der Waals surface area contributed by atoms with E-state index in [-0.39, 0.29) is 5.91 Å². The third-order valence-electron chi connectivity index (χ3n) is 3.11. The molecule has 8 heteroatoms. The Morgan fingerprint density at radius 1 is 1.17 bits per heavy atom. The molecule has 3 rings (SSSR count). The summed E-state index contributed by atoms with van der Waals surface area (Å²) < 4.78 is 1.64. The molecule has 0 spiro atoms. The van der Waals surface area contributed by atoms with Crippen molar-refractivity contribution < 1.29 is 4.79 Å². The molecular weight excluding hydrogens is 337 g/mol. The normalized spacial score (nSPS) is 10.6. The molecule has 2 aromatic heterocycles. The van der Waals surface area contributed by atoms with E-state index in [1.54, 1.807) is 35.0 Å². The number of hydrogen-bond donors (Lipinski definition) is 1. The van der Waals surface area contributed by atoms with Crippen LogP contribution in [-0.2, 0) is 0 Å². The van der Waals surface area contributed by atoms with Crippen molar-refractivity contribution in [3.05, 3.63) is 64.0 Å². The Labute approximate surface area is 142 Å². The lowest BCUT2D eigenvalue weighted by molar-refractivity contribution is 0.102. The molecule has 0 saturated carbocycles. The lowest BCUT2D eigenvalue weighted by atomic mass is 10.3. The molecule has 0 saturated heterocycles. The van der Waals surface area contributed by atoms with Gasteiger partial charge >= 0.3 is 0 Å². The maximum Gasteiger partial charge on any atom is 0.258 e. The van der Waals surface area contributed by atoms with Gasteiger partial charge in [0.1, 0.15) is 0 Å². The molecule has 0 radical (unpaired) electrons. The number of amides is 1. The van der Waals surface area contributed by atoms with E-state index in [9.17, 15) is 4.79 Å². The minimum atomic E-state index is -0.313. The molecule has 2 heterocycles. The molecule has 0 aliphatic carbocycles. The van der Waals surface area contributed by atoms with Crippen LogP contribution in [0.3, 0.4) is 0 Å². The summed E-state index contributed by atoms with van der Waals surface area (Å²) >= 11 is 12.1. The van der Waals surface area contributed by atoms with Crippen LogP contribution in [-0.4, -0.2) is 25.9 Å². The van der Waals surface area contributed by atoms with Gasteiger partial charge in [0.15, 0.2) is 5.82 Å². The highest BCUT2D eigenvalue weighted by Crippen LogP contribution is 2.26. The zero-order valence-electron chi connectivity index (χ0n) is 12.0. The second-order valence-corrected chi connectivity index (χ2v) is 5.61. The zero-order chi connectivity index (χ0) is 16.4. The minimum Gasteiger partial charge on any atom is -0.305 e. The number of benzene rings is 1. The van der Waals surface area contributed by atoms with Crippen LogP contribution in [0.5, 0.6) is 0 Å². The van der Waals surface area contributed by atoms with Crippen molar-refractivity contribution in [1.29, 1.82) is 0 Å². The van der Waals surface area contributed by atoms with E-state index in [1.807, 2.05) is 6.92 Å². The molecule has 0 bridgehead atoms. The minimum absolute atomic E-state index is 0.313. The first-order valence-electron chi connectivity index (χ1n) is 6.65. The van der Waals surface area contributed by atoms with Gasteiger partial charge in [-0.25, -0.2) is 4.68 Å². The summed E-state index contributed by atoms with van der Waals surface area (Å²) in [5.74, 6) is 0.0991. The van der Waals surface area contributed by atoms with E-state index in [4.69, 9.17) is 23.2 Å². The largest absolute Gasteiger partial charge is 0.305 e. The van der Waals surface area contributed by atoms with E-state index in [1.165, 1.54) is 12.4 Å². The van der Waals surface area contributed by atoms with Gasteiger partial charge in [0.25, 0.3) is 5.91 Å². The van der Waals surface area contributed by atoms with E-state index in [2.05, 4.69) is 20.6 Å². The molecule has 0 fully saturated rings. The number of carbonyl (C=O) groups is 1. The Hall–Kier alpha value is -2.44. The van der Waals surface area contributed by atoms with Crippen LogP contribution in [0.1, 0.15) is 16.1 Å². The highest BCUT2D eigenvalue weighted by Gasteiger charge is 2.13. The summed E-state index contributed by atoms with van der Waals surface area (Å²) in [5, 5.41) is 15.4. The third kappa shape index (κ3) is 3.33. The fourth-order valence-corrected chi connectivity index (χ4v) is 2.53. The van der Waals surface area contributed by atoms with Crippen LogP contribution in [0.2, 0.25) is 10.0 Å². The van der Waals surface area contributed by atoms with Gasteiger partial charge in [0, 0.05) is 16.8 Å². The summed E-state index contributed by atoms with van der Waals surface area (Å²) in [6, 6.07) is 8.45. The van der Waals surface area contributed by atoms with Crippen LogP contribution >= 0.6 is 23.2 Å². The molecule has 23 heavy (non-hydrogen) atoms. The average molecular weight is 348 g/mol. The van der Waals surface area contributed by atoms with Gasteiger partial charge < -0.3 is 5.32 Å². The van der Waals surface area contributed by atoms with Gasteiger partial charge in [-0.1, -0.05) is 23.2 Å². The molecule has 6 nitrogen and oxygen atoms in total. The number of anilines is 1. The Balaban J connectivity index is 1.88. The summed E-state index contributed by atoms with van der Waals surface area (Å²) in [6.07, 6.45) is 2.83. The average Bonchev–Trinajstić information content (AvgIpc) is 2.88. The number of aromatic nitrogens is 4. The predicted molar refractivity (Wildman–Crippen MR) is 88.3 cm³/mol. The lowest BCUT2D eigenvalue weighted by Gasteiger charge is -2.06. The maximum absolute atomic E-state index is 12.1. The van der Waals surface area contributed by atoms with Crippen molar-refractivity contribution >= 4 is 34.9 Å². The van der Waals surface area contributed by atoms with Gasteiger partial charge in [-0.3, -0.25) is 4.79 Å². The summed E-state index contributed by atoms with van der Waals surface area (Å²) in [5.41, 5.74) is 1.90. The number of halogens is 2. The number of aryl methyl sites for hydroxylation is 1. The molecule has 116 valence electrons. The number of rotatable bonds is 3. The van der Waals surface area contributed by atoms with Gasteiger partial charge in [0.05, 0.1) is 28.7 Å². The molecule has 3 aromatic rings. The topological polar surface area (TPSA) is 72.7 Å². The first-order chi connectivity index (χ1) is 11.0. The van der Waals surface area contributed by atoms with Crippen LogP contribution in [0, 0.1) is 6.92 Å². The summed E-state index contributed by atoms with van der Waals surface area (Å²) in [4.78, 5) is 12.1. The zero-order valence-corrected chi connectivity index (χ0v) is 13.5. The first kappa shape index (κ1) is 15.5. The Bertz CT molecular complexity index is 864. The van der Waals surface area contributed by atoms with Crippen LogP contribution in [0.15, 0.2) is 42.7 Å². The van der Waals surface area contributed by atoms with E-state index in [0.717, 1.165) is 5.69 Å². The number of hydrogen-bond acceptors (Lipinski definition) is 4. The van der Waals surface area contributed by atoms with Crippen molar-refractivity contribution in [2.45, 2.75) is 6.92 Å². The van der Waals surface area contributed by atoms with Crippen molar-refractivity contribution in [2.75, 3.05) is 5.32 Å². The standard InChI is InChI=1S/C15H11Cl2N5O/c1-9-6-14(20-15(23)10-4-5-18-19-8-10)21-22(9)13-3-2-11(16)7-12(13)17/h2-8H,1H3,(H,20,21,23). The Kier molecular flexibility index (Phi) is 4.27. The second kappa shape index (κ2) is 6.36. The van der Waals surface area contributed by atoms with Crippen molar-refractivity contribution in [1.82, 2.24) is 20.0 Å². The highest BCUT2D eigenvalue weighted by atomic mass is 35.5. The summed E-state index contributed by atoms with van der Waals surface area (Å²) in [6.45, 7) is 1.86. The number of nitrogens with zero attached hydrogens (tertiary/aromatic N) is 4. The Morgan fingerprint density at radius 3 is 2.70 bits per heavy atom. The van der Waals surface area contributed by atoms with Crippen molar-refractivity contribution in [2.24, 2.45) is 0 Å². The monoisotopic (exact) mass is 347 g/mol. The molecule has 0 aliphatic rings. The molecule has 1 aromatic carbocycles. The molecule has 1 N–H and O–H groups in total. The van der Waals surface area contributed by atoms with Crippen LogP contribution < -0.4 is 5.32 Å². The maximum atomic E-state index is 12.1.